The molecule has 3 aliphatic carbocycles. The summed E-state index contributed by atoms with van der Waals surface area (Å²) in [6.07, 6.45) is 5.98. The average molecular weight is 388 g/mol. The van der Waals surface area contributed by atoms with Crippen LogP contribution in [-0.4, -0.2) is 9.97 Å². The Morgan fingerprint density at radius 2 is 2.03 bits per heavy atom. The van der Waals surface area contributed by atoms with Gasteiger partial charge in [0, 0.05) is 35.1 Å². The van der Waals surface area contributed by atoms with E-state index in [1.807, 2.05) is 24.3 Å². The van der Waals surface area contributed by atoms with E-state index in [2.05, 4.69) is 9.97 Å². The van der Waals surface area contributed by atoms with E-state index < -0.39 is 13.2 Å². The minimum Gasteiger partial charge on any atom is -0.437 e. The quantitative estimate of drug-likeness (QED) is 0.392. The third kappa shape index (κ3) is 2.95. The monoisotopic (exact) mass is 387 g/mol. The van der Waals surface area contributed by atoms with E-state index in [1.165, 1.54) is 18.9 Å². The minimum atomic E-state index is -2.31. The number of pyridine rings is 2. The molecule has 1 aromatic carbocycles. The second kappa shape index (κ2) is 6.69. The maximum Gasteiger partial charge on any atom is 0.227 e. The zero-order valence-corrected chi connectivity index (χ0v) is 16.2. The summed E-state index contributed by atoms with van der Waals surface area (Å²) in [5.74, 6) is 1.15. The van der Waals surface area contributed by atoms with Crippen LogP contribution in [0.1, 0.15) is 50.2 Å². The summed E-state index contributed by atoms with van der Waals surface area (Å²) in [7, 11) is 0. The van der Waals surface area contributed by atoms with Gasteiger partial charge in [-0.2, -0.15) is 0 Å². The zero-order chi connectivity index (χ0) is 23.7. The van der Waals surface area contributed by atoms with Crippen LogP contribution in [0, 0.1) is 24.6 Å². The molecule has 3 aromatic heterocycles. The van der Waals surface area contributed by atoms with Gasteiger partial charge in [-0.3, -0.25) is 4.98 Å². The van der Waals surface area contributed by atoms with E-state index in [0.717, 1.165) is 35.6 Å². The lowest BCUT2D eigenvalue weighted by molar-refractivity contribution is 0.0991. The number of para-hydroxylation sites is 1. The number of fused-ring (bicyclic) bond motifs is 6. The zero-order valence-electron chi connectivity index (χ0n) is 21.2. The molecule has 0 aliphatic heterocycles. The van der Waals surface area contributed by atoms with Crippen molar-refractivity contribution < 1.29 is 11.3 Å². The molecule has 3 heterocycles. The average Bonchev–Trinajstić information content (AvgIpc) is 3.22. The molecular weight excluding hydrogens is 356 g/mol. The van der Waals surface area contributed by atoms with E-state index in [0.29, 0.717) is 28.7 Å². The molecule has 3 aliphatic rings. The number of aryl methyl sites for hydroxylation is 1. The van der Waals surface area contributed by atoms with E-state index in [4.69, 9.17) is 11.3 Å². The molecule has 7 rings (SSSR count). The molecule has 29 heavy (non-hydrogen) atoms. The van der Waals surface area contributed by atoms with Crippen molar-refractivity contribution >= 4 is 22.1 Å². The first-order chi connectivity index (χ1) is 16.2. The lowest BCUT2D eigenvalue weighted by Crippen LogP contribution is -2.32. The van der Waals surface area contributed by atoms with Gasteiger partial charge in [-0.1, -0.05) is 25.0 Å². The van der Waals surface area contributed by atoms with Crippen LogP contribution in [-0.2, 0) is 6.37 Å². The molecule has 1 atom stereocenters. The van der Waals surface area contributed by atoms with Crippen molar-refractivity contribution in [2.24, 2.45) is 17.8 Å². The molecule has 1 unspecified atom stereocenters. The number of aromatic nitrogens is 2. The summed E-state index contributed by atoms with van der Waals surface area (Å²) < 4.78 is 47.1. The van der Waals surface area contributed by atoms with Crippen molar-refractivity contribution in [1.29, 1.82) is 0 Å². The van der Waals surface area contributed by atoms with Gasteiger partial charge in [0.05, 0.1) is 5.69 Å². The van der Waals surface area contributed by atoms with Gasteiger partial charge in [0.2, 0.25) is 5.71 Å². The van der Waals surface area contributed by atoms with Crippen LogP contribution < -0.4 is 0 Å². The summed E-state index contributed by atoms with van der Waals surface area (Å²) in [5.41, 5.74) is 2.90. The van der Waals surface area contributed by atoms with Crippen molar-refractivity contribution in [3.8, 4) is 11.3 Å². The number of furan rings is 1. The molecule has 4 aromatic rings. The molecule has 3 saturated carbocycles. The fourth-order valence-corrected chi connectivity index (χ4v) is 5.32. The van der Waals surface area contributed by atoms with Gasteiger partial charge < -0.3 is 4.42 Å². The second-order valence-electron chi connectivity index (χ2n) is 8.53. The summed E-state index contributed by atoms with van der Waals surface area (Å²) >= 11 is 0. The SMILES string of the molecule is [2H]C([2H])([2H])c1ccc2c(n1)oc1c(-c3cc(C([2H])([2H])C4CC5CCC4CC5)ccn3)cccc12. The third-order valence-electron chi connectivity index (χ3n) is 6.80. The normalized spacial score (nSPS) is 27.3. The molecule has 3 nitrogen and oxygen atoms in total. The third-order valence-corrected chi connectivity index (χ3v) is 6.80. The Morgan fingerprint density at radius 3 is 2.86 bits per heavy atom. The summed E-state index contributed by atoms with van der Waals surface area (Å²) in [6.45, 7) is -2.31. The molecule has 2 bridgehead atoms. The van der Waals surface area contributed by atoms with E-state index >= 15 is 0 Å². The highest BCUT2D eigenvalue weighted by Crippen LogP contribution is 2.46. The first-order valence-electron chi connectivity index (χ1n) is 13.0. The Kier molecular flexibility index (Phi) is 2.95. The fraction of sp³-hybridized carbons (Fsp3) is 0.385. The predicted molar refractivity (Wildman–Crippen MR) is 117 cm³/mol. The van der Waals surface area contributed by atoms with Crippen molar-refractivity contribution in [2.75, 3.05) is 0 Å². The molecule has 0 N–H and O–H groups in total. The Morgan fingerprint density at radius 1 is 1.10 bits per heavy atom. The molecule has 0 saturated heterocycles. The number of benzene rings is 1. The summed E-state index contributed by atoms with van der Waals surface area (Å²) in [6, 6.07) is 12.6. The number of hydrogen-bond donors (Lipinski definition) is 0. The van der Waals surface area contributed by atoms with Gasteiger partial charge in [0.15, 0.2) is 0 Å². The van der Waals surface area contributed by atoms with Crippen LogP contribution in [0.2, 0.25) is 0 Å². The van der Waals surface area contributed by atoms with Crippen LogP contribution in [0.3, 0.4) is 0 Å². The molecule has 0 radical (unpaired) electrons. The number of hydrogen-bond acceptors (Lipinski definition) is 3. The highest BCUT2D eigenvalue weighted by molar-refractivity contribution is 6.08. The Labute approximate surface area is 178 Å². The number of rotatable bonds is 3. The summed E-state index contributed by atoms with van der Waals surface area (Å²) in [5, 5.41) is 1.58. The largest absolute Gasteiger partial charge is 0.437 e. The van der Waals surface area contributed by atoms with Crippen LogP contribution in [0.15, 0.2) is 53.1 Å². The van der Waals surface area contributed by atoms with Crippen molar-refractivity contribution in [2.45, 2.75) is 45.3 Å². The van der Waals surface area contributed by atoms with Crippen LogP contribution in [0.5, 0.6) is 0 Å². The highest BCUT2D eigenvalue weighted by atomic mass is 16.3. The van der Waals surface area contributed by atoms with Crippen molar-refractivity contribution in [1.82, 2.24) is 9.97 Å². The number of nitrogens with zero attached hydrogens (tertiary/aromatic N) is 2. The van der Waals surface area contributed by atoms with Crippen LogP contribution in [0.25, 0.3) is 33.3 Å². The Balaban J connectivity index is 1.43. The van der Waals surface area contributed by atoms with Gasteiger partial charge in [-0.05, 0) is 86.1 Å². The van der Waals surface area contributed by atoms with Gasteiger partial charge in [0.25, 0.3) is 0 Å². The topological polar surface area (TPSA) is 38.9 Å². The molecule has 3 heteroatoms. The fourth-order valence-electron chi connectivity index (χ4n) is 5.32. The standard InChI is InChI=1S/C26H26N2O/c1-16-5-10-22-21-3-2-4-23(25(21)29-26(22)28-16)24-15-18(11-12-27-24)14-20-13-17-6-8-19(20)9-7-17/h2-5,10-12,15,17,19-20H,6-9,13-14H2,1H3/i1D3,14D2. The van der Waals surface area contributed by atoms with E-state index in [-0.39, 0.29) is 17.3 Å². The maximum atomic E-state index is 9.06. The van der Waals surface area contributed by atoms with Crippen molar-refractivity contribution in [3.63, 3.8) is 0 Å². The van der Waals surface area contributed by atoms with Crippen molar-refractivity contribution in [3.05, 3.63) is 59.9 Å². The Hall–Kier alpha value is -2.68. The lowest BCUT2D eigenvalue weighted by Gasteiger charge is -2.42. The van der Waals surface area contributed by atoms with E-state index in [1.54, 1.807) is 18.3 Å². The minimum absolute atomic E-state index is 0.00398. The highest BCUT2D eigenvalue weighted by Gasteiger charge is 2.35. The van der Waals surface area contributed by atoms with Gasteiger partial charge in [0.1, 0.15) is 5.58 Å². The maximum absolute atomic E-state index is 9.06. The van der Waals surface area contributed by atoms with Gasteiger partial charge in [-0.15, -0.1) is 0 Å². The first kappa shape index (κ1) is 12.8. The molecule has 0 spiro atoms. The first-order valence-corrected chi connectivity index (χ1v) is 10.5. The van der Waals surface area contributed by atoms with Gasteiger partial charge in [-0.25, -0.2) is 4.98 Å². The van der Waals surface area contributed by atoms with Crippen LogP contribution >= 0.6 is 0 Å². The molecule has 3 fully saturated rings. The predicted octanol–water partition coefficient (Wildman–Crippen LogP) is 6.72. The van der Waals surface area contributed by atoms with Crippen LogP contribution in [0.4, 0.5) is 0 Å². The second-order valence-corrected chi connectivity index (χ2v) is 8.53. The van der Waals surface area contributed by atoms with E-state index in [9.17, 15) is 0 Å². The Bertz CT molecular complexity index is 1390. The van der Waals surface area contributed by atoms with Gasteiger partial charge >= 0.3 is 0 Å². The molecular formula is C26H26N2O. The molecule has 0 amide bonds. The smallest absolute Gasteiger partial charge is 0.227 e. The molecule has 146 valence electrons. The summed E-state index contributed by atoms with van der Waals surface area (Å²) in [4.78, 5) is 8.81. The lowest BCUT2D eigenvalue weighted by atomic mass is 9.63.